The molecule has 102 valence electrons. The Morgan fingerprint density at radius 1 is 1.32 bits per heavy atom. The van der Waals surface area contributed by atoms with E-state index in [0.717, 1.165) is 22.0 Å². The highest BCUT2D eigenvalue weighted by atomic mass is 32.2. The summed E-state index contributed by atoms with van der Waals surface area (Å²) in [5.41, 5.74) is 7.71. The topological polar surface area (TPSA) is 64.9 Å². The second-order valence-corrected chi connectivity index (χ2v) is 6.54. The first-order valence-corrected chi connectivity index (χ1v) is 7.17. The standard InChI is InChI=1S/C14H19N3OS/c1-9-10(15)6-5-7-11(9)19-8-12-16-13(17-18-12)14(2,3)4/h5-7H,8,15H2,1-4H3. The van der Waals surface area contributed by atoms with Crippen molar-refractivity contribution in [3.63, 3.8) is 0 Å². The van der Waals surface area contributed by atoms with E-state index < -0.39 is 0 Å². The van der Waals surface area contributed by atoms with Crippen molar-refractivity contribution >= 4 is 17.4 Å². The van der Waals surface area contributed by atoms with E-state index >= 15 is 0 Å². The molecule has 2 N–H and O–H groups in total. The van der Waals surface area contributed by atoms with Gasteiger partial charge in [-0.1, -0.05) is 32.0 Å². The highest BCUT2D eigenvalue weighted by molar-refractivity contribution is 7.98. The van der Waals surface area contributed by atoms with Crippen molar-refractivity contribution in [2.24, 2.45) is 0 Å². The summed E-state index contributed by atoms with van der Waals surface area (Å²) in [7, 11) is 0. The highest BCUT2D eigenvalue weighted by Crippen LogP contribution is 2.29. The number of rotatable bonds is 3. The van der Waals surface area contributed by atoms with Crippen LogP contribution in [0.25, 0.3) is 0 Å². The number of nitrogens with zero attached hydrogens (tertiary/aromatic N) is 2. The van der Waals surface area contributed by atoms with Crippen LogP contribution in [0, 0.1) is 6.92 Å². The summed E-state index contributed by atoms with van der Waals surface area (Å²) >= 11 is 1.66. The Hall–Kier alpha value is -1.49. The molecule has 1 aromatic heterocycles. The molecule has 0 unspecified atom stereocenters. The van der Waals surface area contributed by atoms with Gasteiger partial charge in [-0.05, 0) is 24.6 Å². The Labute approximate surface area is 117 Å². The summed E-state index contributed by atoms with van der Waals surface area (Å²) in [6, 6.07) is 5.92. The molecule has 0 atom stereocenters. The molecule has 0 spiro atoms. The van der Waals surface area contributed by atoms with Crippen LogP contribution in [-0.2, 0) is 11.2 Å². The van der Waals surface area contributed by atoms with E-state index in [1.807, 2.05) is 19.1 Å². The molecule has 1 aromatic carbocycles. The zero-order valence-electron chi connectivity index (χ0n) is 11.7. The molecular weight excluding hydrogens is 258 g/mol. The fourth-order valence-electron chi connectivity index (χ4n) is 1.55. The lowest BCUT2D eigenvalue weighted by atomic mass is 9.96. The number of nitrogens with two attached hydrogens (primary N) is 1. The number of thioether (sulfide) groups is 1. The maximum Gasteiger partial charge on any atom is 0.237 e. The maximum absolute atomic E-state index is 5.89. The van der Waals surface area contributed by atoms with Gasteiger partial charge in [0.1, 0.15) is 0 Å². The van der Waals surface area contributed by atoms with Gasteiger partial charge in [-0.15, -0.1) is 11.8 Å². The van der Waals surface area contributed by atoms with Crippen molar-refractivity contribution in [1.82, 2.24) is 10.1 Å². The number of benzene rings is 1. The molecule has 4 nitrogen and oxygen atoms in total. The second-order valence-electron chi connectivity index (χ2n) is 5.52. The molecule has 0 fully saturated rings. The van der Waals surface area contributed by atoms with E-state index in [0.29, 0.717) is 11.6 Å². The van der Waals surface area contributed by atoms with E-state index in [-0.39, 0.29) is 5.41 Å². The number of aromatic nitrogens is 2. The Kier molecular flexibility index (Phi) is 3.85. The molecule has 0 radical (unpaired) electrons. The first kappa shape index (κ1) is 13.9. The lowest BCUT2D eigenvalue weighted by molar-refractivity contribution is 0.373. The van der Waals surface area contributed by atoms with Crippen LogP contribution in [0.3, 0.4) is 0 Å². The molecule has 0 aliphatic carbocycles. The number of nitrogen functional groups attached to an aromatic ring is 1. The van der Waals surface area contributed by atoms with Gasteiger partial charge >= 0.3 is 0 Å². The Balaban J connectivity index is 2.07. The Bertz CT molecular complexity index is 572. The first-order valence-electron chi connectivity index (χ1n) is 6.19. The molecule has 0 bridgehead atoms. The van der Waals surface area contributed by atoms with Crippen LogP contribution in [-0.4, -0.2) is 10.1 Å². The molecule has 2 aromatic rings. The normalized spacial score (nSPS) is 11.8. The summed E-state index contributed by atoms with van der Waals surface area (Å²) in [6.45, 7) is 8.22. The lowest BCUT2D eigenvalue weighted by Gasteiger charge is -2.10. The zero-order valence-corrected chi connectivity index (χ0v) is 12.5. The predicted molar refractivity (Wildman–Crippen MR) is 78.2 cm³/mol. The number of hydrogen-bond donors (Lipinski definition) is 1. The summed E-state index contributed by atoms with van der Waals surface area (Å²) < 4.78 is 5.27. The van der Waals surface area contributed by atoms with E-state index in [1.54, 1.807) is 11.8 Å². The van der Waals surface area contributed by atoms with Gasteiger partial charge in [0.2, 0.25) is 5.89 Å². The number of anilines is 1. The van der Waals surface area contributed by atoms with Crippen molar-refractivity contribution in [2.45, 2.75) is 43.8 Å². The smallest absolute Gasteiger partial charge is 0.237 e. The molecule has 0 aliphatic rings. The van der Waals surface area contributed by atoms with Crippen molar-refractivity contribution in [2.75, 3.05) is 5.73 Å². The van der Waals surface area contributed by atoms with E-state index in [4.69, 9.17) is 10.3 Å². The molecule has 19 heavy (non-hydrogen) atoms. The summed E-state index contributed by atoms with van der Waals surface area (Å²) in [6.07, 6.45) is 0. The van der Waals surface area contributed by atoms with Gasteiger partial charge in [0.05, 0.1) is 5.75 Å². The SMILES string of the molecule is Cc1c(N)cccc1SCc1nc(C(C)(C)C)no1. The van der Waals surface area contributed by atoms with Crippen LogP contribution in [0.15, 0.2) is 27.6 Å². The number of hydrogen-bond acceptors (Lipinski definition) is 5. The molecular formula is C14H19N3OS. The van der Waals surface area contributed by atoms with Gasteiger partial charge in [0, 0.05) is 16.0 Å². The van der Waals surface area contributed by atoms with E-state index in [2.05, 4.69) is 37.0 Å². The Morgan fingerprint density at radius 2 is 2.05 bits per heavy atom. The molecule has 0 saturated carbocycles. The van der Waals surface area contributed by atoms with Crippen molar-refractivity contribution in [1.29, 1.82) is 0 Å². The monoisotopic (exact) mass is 277 g/mol. The Morgan fingerprint density at radius 3 is 2.68 bits per heavy atom. The van der Waals surface area contributed by atoms with Crippen molar-refractivity contribution in [3.8, 4) is 0 Å². The lowest BCUT2D eigenvalue weighted by Crippen LogP contribution is -2.13. The minimum Gasteiger partial charge on any atom is -0.398 e. The van der Waals surface area contributed by atoms with Gasteiger partial charge in [0.25, 0.3) is 0 Å². The molecule has 0 saturated heterocycles. The predicted octanol–water partition coefficient (Wildman–Crippen LogP) is 3.55. The first-order chi connectivity index (χ1) is 8.88. The molecule has 0 aliphatic heterocycles. The molecule has 2 rings (SSSR count). The average Bonchev–Trinajstić information content (AvgIpc) is 2.79. The minimum absolute atomic E-state index is 0.0838. The van der Waals surface area contributed by atoms with Crippen LogP contribution >= 0.6 is 11.8 Å². The van der Waals surface area contributed by atoms with Crippen LogP contribution in [0.4, 0.5) is 5.69 Å². The van der Waals surface area contributed by atoms with Crippen molar-refractivity contribution in [3.05, 3.63) is 35.5 Å². The quantitative estimate of drug-likeness (QED) is 0.686. The van der Waals surface area contributed by atoms with Crippen molar-refractivity contribution < 1.29 is 4.52 Å². The van der Waals surface area contributed by atoms with Crippen LogP contribution in [0.5, 0.6) is 0 Å². The summed E-state index contributed by atoms with van der Waals surface area (Å²) in [4.78, 5) is 5.57. The van der Waals surface area contributed by atoms with Crippen LogP contribution in [0.1, 0.15) is 38.0 Å². The highest BCUT2D eigenvalue weighted by Gasteiger charge is 2.20. The minimum atomic E-state index is -0.0838. The third-order valence-corrected chi connectivity index (χ3v) is 3.96. The van der Waals surface area contributed by atoms with Gasteiger partial charge in [-0.2, -0.15) is 4.98 Å². The van der Waals surface area contributed by atoms with Gasteiger partial charge in [-0.25, -0.2) is 0 Å². The molecule has 5 heteroatoms. The fourth-order valence-corrected chi connectivity index (χ4v) is 2.45. The fraction of sp³-hybridized carbons (Fsp3) is 0.429. The summed E-state index contributed by atoms with van der Waals surface area (Å²) in [5.74, 6) is 2.05. The second kappa shape index (κ2) is 5.25. The maximum atomic E-state index is 5.89. The van der Waals surface area contributed by atoms with Crippen LogP contribution in [0.2, 0.25) is 0 Å². The average molecular weight is 277 g/mol. The largest absolute Gasteiger partial charge is 0.398 e. The zero-order chi connectivity index (χ0) is 14.0. The third-order valence-electron chi connectivity index (χ3n) is 2.82. The van der Waals surface area contributed by atoms with Crippen LogP contribution < -0.4 is 5.73 Å². The van der Waals surface area contributed by atoms with Gasteiger partial charge < -0.3 is 10.3 Å². The molecule has 0 amide bonds. The van der Waals surface area contributed by atoms with Gasteiger partial charge in [-0.3, -0.25) is 0 Å². The van der Waals surface area contributed by atoms with E-state index in [1.165, 1.54) is 0 Å². The van der Waals surface area contributed by atoms with Gasteiger partial charge in [0.15, 0.2) is 5.82 Å². The summed E-state index contributed by atoms with van der Waals surface area (Å²) in [5, 5.41) is 4.02. The van der Waals surface area contributed by atoms with E-state index in [9.17, 15) is 0 Å². The molecule has 1 heterocycles. The third kappa shape index (κ3) is 3.29.